The van der Waals surface area contributed by atoms with Gasteiger partial charge >= 0.3 is 0 Å². The van der Waals surface area contributed by atoms with Gasteiger partial charge in [0, 0.05) is 9.75 Å². The van der Waals surface area contributed by atoms with Crippen LogP contribution in [0.4, 0.5) is 0 Å². The smallest absolute Gasteiger partial charge is 0.259 e. The first kappa shape index (κ1) is 9.49. The Morgan fingerprint density at radius 1 is 1.69 bits per heavy atom. The number of nitrogens with zero attached hydrogens (tertiary/aromatic N) is 1. The lowest BCUT2D eigenvalue weighted by Gasteiger charge is -1.88. The van der Waals surface area contributed by atoms with Crippen LogP contribution in [0.2, 0.25) is 0 Å². The molecule has 1 aromatic heterocycles. The van der Waals surface area contributed by atoms with Crippen molar-refractivity contribution in [2.45, 2.75) is 6.92 Å². The van der Waals surface area contributed by atoms with Gasteiger partial charge in [-0.05, 0) is 25.1 Å². The van der Waals surface area contributed by atoms with E-state index < -0.39 is 5.91 Å². The van der Waals surface area contributed by atoms with Crippen LogP contribution in [0.15, 0.2) is 17.7 Å². The molecule has 1 heterocycles. The minimum absolute atomic E-state index is 0.0122. The first-order chi connectivity index (χ1) is 6.13. The van der Waals surface area contributed by atoms with E-state index in [1.165, 1.54) is 17.4 Å². The molecule has 1 rings (SSSR count). The van der Waals surface area contributed by atoms with Crippen LogP contribution in [0.5, 0.6) is 0 Å². The molecule has 0 aliphatic carbocycles. The number of primary amides is 1. The Morgan fingerprint density at radius 3 is 2.77 bits per heavy atom. The Labute approximate surface area is 80.1 Å². The molecule has 0 atom stereocenters. The van der Waals surface area contributed by atoms with Crippen LogP contribution >= 0.6 is 11.3 Å². The molecular formula is C9H8N2OS. The summed E-state index contributed by atoms with van der Waals surface area (Å²) in [6.45, 7) is 1.96. The van der Waals surface area contributed by atoms with Gasteiger partial charge in [0.1, 0.15) is 11.6 Å². The molecule has 0 aromatic carbocycles. The molecule has 2 N–H and O–H groups in total. The van der Waals surface area contributed by atoms with Crippen molar-refractivity contribution >= 4 is 23.3 Å². The molecule has 4 heteroatoms. The standard InChI is InChI=1S/C9H8N2OS/c1-6-2-3-8(13-6)4-7(5-10)9(11)12/h2-4H,1H3,(H2,11,12). The van der Waals surface area contributed by atoms with Crippen molar-refractivity contribution in [3.05, 3.63) is 27.5 Å². The molecule has 0 fully saturated rings. The van der Waals surface area contributed by atoms with Crippen LogP contribution in [0, 0.1) is 18.3 Å². The predicted molar refractivity (Wildman–Crippen MR) is 51.8 cm³/mol. The maximum Gasteiger partial charge on any atom is 0.259 e. The van der Waals surface area contributed by atoms with Crippen molar-refractivity contribution in [2.24, 2.45) is 5.73 Å². The molecule has 13 heavy (non-hydrogen) atoms. The zero-order chi connectivity index (χ0) is 9.84. The second-order valence-electron chi connectivity index (χ2n) is 2.48. The third-order valence-corrected chi connectivity index (χ3v) is 2.38. The van der Waals surface area contributed by atoms with E-state index in [0.29, 0.717) is 0 Å². The highest BCUT2D eigenvalue weighted by Crippen LogP contribution is 2.17. The molecule has 0 unspecified atom stereocenters. The highest BCUT2D eigenvalue weighted by atomic mass is 32.1. The average molecular weight is 192 g/mol. The van der Waals surface area contributed by atoms with Gasteiger partial charge in [-0.25, -0.2) is 0 Å². The number of hydrogen-bond donors (Lipinski definition) is 1. The Hall–Kier alpha value is -1.60. The fourth-order valence-corrected chi connectivity index (χ4v) is 1.65. The molecule has 1 amide bonds. The molecule has 0 spiro atoms. The van der Waals surface area contributed by atoms with Gasteiger partial charge in [0.05, 0.1) is 0 Å². The highest BCUT2D eigenvalue weighted by Gasteiger charge is 2.03. The fraction of sp³-hybridized carbons (Fsp3) is 0.111. The normalized spacial score (nSPS) is 10.9. The van der Waals surface area contributed by atoms with Crippen LogP contribution in [0.1, 0.15) is 9.75 Å². The molecule has 0 radical (unpaired) electrons. The third-order valence-electron chi connectivity index (χ3n) is 1.43. The molecule has 0 aliphatic rings. The van der Waals surface area contributed by atoms with Gasteiger partial charge in [0.15, 0.2) is 0 Å². The zero-order valence-electron chi connectivity index (χ0n) is 7.07. The summed E-state index contributed by atoms with van der Waals surface area (Å²) in [5.41, 5.74) is 4.96. The monoisotopic (exact) mass is 192 g/mol. The second-order valence-corrected chi connectivity index (χ2v) is 3.80. The first-order valence-electron chi connectivity index (χ1n) is 3.61. The van der Waals surface area contributed by atoms with Crippen LogP contribution in [0.25, 0.3) is 6.08 Å². The van der Waals surface area contributed by atoms with Crippen LogP contribution < -0.4 is 5.73 Å². The maximum absolute atomic E-state index is 10.7. The van der Waals surface area contributed by atoms with E-state index >= 15 is 0 Å². The summed E-state index contributed by atoms with van der Waals surface area (Å²) in [7, 11) is 0. The summed E-state index contributed by atoms with van der Waals surface area (Å²) in [6.07, 6.45) is 1.50. The summed E-state index contributed by atoms with van der Waals surface area (Å²) < 4.78 is 0. The lowest BCUT2D eigenvalue weighted by molar-refractivity contribution is -0.114. The minimum atomic E-state index is -0.687. The van der Waals surface area contributed by atoms with Gasteiger partial charge in [0.25, 0.3) is 5.91 Å². The van der Waals surface area contributed by atoms with Crippen molar-refractivity contribution in [2.75, 3.05) is 0 Å². The van der Waals surface area contributed by atoms with Gasteiger partial charge in [-0.3, -0.25) is 4.79 Å². The molecule has 0 saturated heterocycles. The lowest BCUT2D eigenvalue weighted by atomic mass is 10.2. The molecular weight excluding hydrogens is 184 g/mol. The zero-order valence-corrected chi connectivity index (χ0v) is 7.89. The number of rotatable bonds is 2. The Bertz CT molecular complexity index is 398. The predicted octanol–water partition coefficient (Wildman–Crippen LogP) is 1.45. The number of aryl methyl sites for hydroxylation is 1. The molecule has 0 aliphatic heterocycles. The minimum Gasteiger partial charge on any atom is -0.365 e. The topological polar surface area (TPSA) is 66.9 Å². The average Bonchev–Trinajstić information content (AvgIpc) is 2.46. The summed E-state index contributed by atoms with van der Waals surface area (Å²) in [5.74, 6) is -0.687. The molecule has 0 saturated carbocycles. The number of nitriles is 1. The van der Waals surface area contributed by atoms with Crippen molar-refractivity contribution in [3.8, 4) is 6.07 Å². The number of amides is 1. The van der Waals surface area contributed by atoms with Crippen LogP contribution in [0.3, 0.4) is 0 Å². The van der Waals surface area contributed by atoms with Gasteiger partial charge in [0.2, 0.25) is 0 Å². The SMILES string of the molecule is Cc1ccc(C=C(C#N)C(N)=O)s1. The van der Waals surface area contributed by atoms with E-state index in [-0.39, 0.29) is 5.57 Å². The van der Waals surface area contributed by atoms with Crippen LogP contribution in [-0.2, 0) is 4.79 Å². The number of carbonyl (C=O) groups excluding carboxylic acids is 1. The van der Waals surface area contributed by atoms with Gasteiger partial charge in [-0.2, -0.15) is 5.26 Å². The van der Waals surface area contributed by atoms with Gasteiger partial charge < -0.3 is 5.73 Å². The molecule has 3 nitrogen and oxygen atoms in total. The summed E-state index contributed by atoms with van der Waals surface area (Å²) in [6, 6.07) is 5.52. The quantitative estimate of drug-likeness (QED) is 0.569. The van der Waals surface area contributed by atoms with E-state index in [0.717, 1.165) is 9.75 Å². The summed E-state index contributed by atoms with van der Waals surface area (Å²) in [5, 5.41) is 8.55. The van der Waals surface area contributed by atoms with Crippen molar-refractivity contribution in [3.63, 3.8) is 0 Å². The second kappa shape index (κ2) is 3.87. The van der Waals surface area contributed by atoms with Gasteiger partial charge in [-0.15, -0.1) is 11.3 Å². The fourth-order valence-electron chi connectivity index (χ4n) is 0.832. The van der Waals surface area contributed by atoms with E-state index in [2.05, 4.69) is 0 Å². The third kappa shape index (κ3) is 2.42. The van der Waals surface area contributed by atoms with Crippen LogP contribution in [-0.4, -0.2) is 5.91 Å². The van der Waals surface area contributed by atoms with E-state index in [9.17, 15) is 4.79 Å². The Kier molecular flexibility index (Phi) is 2.83. The molecule has 66 valence electrons. The van der Waals surface area contributed by atoms with Gasteiger partial charge in [-0.1, -0.05) is 0 Å². The van der Waals surface area contributed by atoms with Crippen molar-refractivity contribution in [1.82, 2.24) is 0 Å². The largest absolute Gasteiger partial charge is 0.365 e. The highest BCUT2D eigenvalue weighted by molar-refractivity contribution is 7.12. The number of thiophene rings is 1. The maximum atomic E-state index is 10.7. The summed E-state index contributed by atoms with van der Waals surface area (Å²) >= 11 is 1.51. The van der Waals surface area contributed by atoms with E-state index in [4.69, 9.17) is 11.0 Å². The molecule has 0 bridgehead atoms. The summed E-state index contributed by atoms with van der Waals surface area (Å²) in [4.78, 5) is 12.7. The molecule has 1 aromatic rings. The number of hydrogen-bond acceptors (Lipinski definition) is 3. The van der Waals surface area contributed by atoms with E-state index in [1.807, 2.05) is 19.1 Å². The number of nitrogens with two attached hydrogens (primary N) is 1. The first-order valence-corrected chi connectivity index (χ1v) is 4.43. The number of carbonyl (C=O) groups is 1. The Morgan fingerprint density at radius 2 is 2.38 bits per heavy atom. The van der Waals surface area contributed by atoms with Crippen molar-refractivity contribution in [1.29, 1.82) is 5.26 Å². The van der Waals surface area contributed by atoms with E-state index in [1.54, 1.807) is 6.07 Å². The Balaban J connectivity index is 3.00. The van der Waals surface area contributed by atoms with Crippen molar-refractivity contribution < 1.29 is 4.79 Å². The lowest BCUT2D eigenvalue weighted by Crippen LogP contribution is -2.12.